The summed E-state index contributed by atoms with van der Waals surface area (Å²) in [7, 11) is 0. The highest BCUT2D eigenvalue weighted by molar-refractivity contribution is 7.10. The van der Waals surface area contributed by atoms with E-state index >= 15 is 0 Å². The highest BCUT2D eigenvalue weighted by Gasteiger charge is 2.50. The standard InChI is InChI=1S/C18H20N4O2S2/c19-6-12(7-20)15-3-11(8-26-15)17(23)22-13-1-2-14(22)5-18(24,4-13)16-9-25-10-21-16/h3,6-10,12-14,19-20,24H,1-2,4-5H2. The number of piperidine rings is 1. The molecule has 0 radical (unpaired) electrons. The molecule has 2 aliphatic heterocycles. The van der Waals surface area contributed by atoms with E-state index in [2.05, 4.69) is 4.98 Å². The van der Waals surface area contributed by atoms with Crippen LogP contribution in [0.1, 0.15) is 52.5 Å². The quantitative estimate of drug-likeness (QED) is 0.685. The number of hydrogen-bond donors (Lipinski definition) is 3. The van der Waals surface area contributed by atoms with Crippen molar-refractivity contribution in [2.24, 2.45) is 0 Å². The smallest absolute Gasteiger partial charge is 0.255 e. The number of amides is 1. The molecule has 6 nitrogen and oxygen atoms in total. The Kier molecular flexibility index (Phi) is 4.50. The van der Waals surface area contributed by atoms with Crippen LogP contribution in [0.15, 0.2) is 22.3 Å². The topological polar surface area (TPSA) is 101 Å². The van der Waals surface area contributed by atoms with Crippen LogP contribution in [0.4, 0.5) is 0 Å². The minimum atomic E-state index is -0.937. The Balaban J connectivity index is 1.55. The maximum absolute atomic E-state index is 13.1. The molecule has 4 rings (SSSR count). The van der Waals surface area contributed by atoms with Crippen LogP contribution in [0.25, 0.3) is 0 Å². The highest BCUT2D eigenvalue weighted by atomic mass is 32.1. The van der Waals surface area contributed by atoms with Crippen molar-refractivity contribution in [3.63, 3.8) is 0 Å². The summed E-state index contributed by atoms with van der Waals surface area (Å²) in [4.78, 5) is 20.2. The molecule has 0 spiro atoms. The molecule has 26 heavy (non-hydrogen) atoms. The molecule has 8 heteroatoms. The third kappa shape index (κ3) is 2.82. The van der Waals surface area contributed by atoms with Gasteiger partial charge < -0.3 is 20.8 Å². The number of nitrogens with zero attached hydrogens (tertiary/aromatic N) is 2. The summed E-state index contributed by atoms with van der Waals surface area (Å²) in [6.07, 6.45) is 5.30. The van der Waals surface area contributed by atoms with Crippen molar-refractivity contribution in [3.8, 4) is 0 Å². The molecule has 2 aromatic heterocycles. The number of hydrogen-bond acceptors (Lipinski definition) is 7. The first kappa shape index (κ1) is 17.5. The number of aliphatic hydroxyl groups is 1. The number of rotatable bonds is 5. The number of thiazole rings is 1. The van der Waals surface area contributed by atoms with Crippen LogP contribution in [0, 0.1) is 10.8 Å². The van der Waals surface area contributed by atoms with Gasteiger partial charge in [0.2, 0.25) is 0 Å². The summed E-state index contributed by atoms with van der Waals surface area (Å²) in [5.41, 5.74) is 2.15. The van der Waals surface area contributed by atoms with Gasteiger partial charge in [0.05, 0.1) is 22.7 Å². The number of carbonyl (C=O) groups is 1. The Labute approximate surface area is 159 Å². The lowest BCUT2D eigenvalue weighted by molar-refractivity contribution is -0.0504. The van der Waals surface area contributed by atoms with Gasteiger partial charge in [-0.15, -0.1) is 22.7 Å². The summed E-state index contributed by atoms with van der Waals surface area (Å²) in [5, 5.41) is 29.6. The maximum Gasteiger partial charge on any atom is 0.255 e. The number of thiophene rings is 1. The Morgan fingerprint density at radius 2 is 2.00 bits per heavy atom. The van der Waals surface area contributed by atoms with Gasteiger partial charge in [0.25, 0.3) is 5.91 Å². The van der Waals surface area contributed by atoms with Gasteiger partial charge in [-0.05, 0) is 18.9 Å². The SMILES string of the molecule is N=CC(C=N)c1cc(C(=O)N2C3CCC2CC(O)(c2cscn2)C3)cs1. The number of fused-ring (bicyclic) bond motifs is 2. The molecule has 2 aliphatic rings. The fraction of sp³-hybridized carbons (Fsp3) is 0.444. The van der Waals surface area contributed by atoms with Gasteiger partial charge in [-0.3, -0.25) is 4.79 Å². The molecule has 1 amide bonds. The first-order valence-corrected chi connectivity index (χ1v) is 10.4. The lowest BCUT2D eigenvalue weighted by atomic mass is 9.83. The molecule has 2 unspecified atom stereocenters. The average Bonchev–Trinajstić information content (AvgIpc) is 3.36. The zero-order valence-corrected chi connectivity index (χ0v) is 15.7. The van der Waals surface area contributed by atoms with Gasteiger partial charge >= 0.3 is 0 Å². The van der Waals surface area contributed by atoms with Crippen molar-refractivity contribution in [3.05, 3.63) is 38.5 Å². The zero-order valence-electron chi connectivity index (χ0n) is 14.1. The van der Waals surface area contributed by atoms with Crippen molar-refractivity contribution >= 4 is 41.0 Å². The number of aromatic nitrogens is 1. The molecule has 136 valence electrons. The van der Waals surface area contributed by atoms with Gasteiger partial charge in [-0.25, -0.2) is 4.98 Å². The predicted molar refractivity (Wildman–Crippen MR) is 103 cm³/mol. The van der Waals surface area contributed by atoms with Crippen molar-refractivity contribution in [2.75, 3.05) is 0 Å². The van der Waals surface area contributed by atoms with Crippen LogP contribution >= 0.6 is 22.7 Å². The molecule has 2 bridgehead atoms. The Morgan fingerprint density at radius 1 is 1.31 bits per heavy atom. The van der Waals surface area contributed by atoms with E-state index in [4.69, 9.17) is 10.8 Å². The summed E-state index contributed by atoms with van der Waals surface area (Å²) in [6.45, 7) is 0. The van der Waals surface area contributed by atoms with E-state index in [1.54, 1.807) is 11.6 Å². The van der Waals surface area contributed by atoms with Gasteiger partial charge in [0, 0.05) is 53.0 Å². The van der Waals surface area contributed by atoms with E-state index < -0.39 is 5.60 Å². The molecular formula is C18H20N4O2S2. The third-order valence-corrected chi connectivity index (χ3v) is 7.08. The van der Waals surface area contributed by atoms with Crippen molar-refractivity contribution in [2.45, 2.75) is 49.3 Å². The molecule has 2 atom stereocenters. The summed E-state index contributed by atoms with van der Waals surface area (Å²) < 4.78 is 0. The van der Waals surface area contributed by atoms with Crippen LogP contribution in [0.5, 0.6) is 0 Å². The first-order valence-electron chi connectivity index (χ1n) is 8.59. The fourth-order valence-electron chi connectivity index (χ4n) is 4.21. The van der Waals surface area contributed by atoms with E-state index in [1.165, 1.54) is 35.1 Å². The second-order valence-electron chi connectivity index (χ2n) is 7.01. The Morgan fingerprint density at radius 3 is 2.58 bits per heavy atom. The largest absolute Gasteiger partial charge is 0.383 e. The van der Waals surface area contributed by atoms with Crippen LogP contribution in [-0.4, -0.2) is 45.4 Å². The molecule has 2 aromatic rings. The lowest BCUT2D eigenvalue weighted by Gasteiger charge is -2.43. The minimum Gasteiger partial charge on any atom is -0.383 e. The summed E-state index contributed by atoms with van der Waals surface area (Å²) in [6, 6.07) is 1.85. The van der Waals surface area contributed by atoms with E-state index in [-0.39, 0.29) is 23.9 Å². The Hall–Kier alpha value is -1.90. The molecule has 2 saturated heterocycles. The van der Waals surface area contributed by atoms with Crippen LogP contribution in [0.2, 0.25) is 0 Å². The van der Waals surface area contributed by atoms with Crippen molar-refractivity contribution in [1.82, 2.24) is 9.88 Å². The van der Waals surface area contributed by atoms with Gasteiger partial charge in [0.15, 0.2) is 0 Å². The summed E-state index contributed by atoms with van der Waals surface area (Å²) >= 11 is 2.89. The molecule has 3 N–H and O–H groups in total. The number of nitrogens with one attached hydrogen (secondary N) is 2. The van der Waals surface area contributed by atoms with E-state index in [0.29, 0.717) is 18.4 Å². The third-order valence-electron chi connectivity index (χ3n) is 5.46. The molecule has 0 saturated carbocycles. The van der Waals surface area contributed by atoms with Crippen molar-refractivity contribution in [1.29, 1.82) is 10.8 Å². The number of carbonyl (C=O) groups excluding carboxylic acids is 1. The fourth-order valence-corrected chi connectivity index (χ4v) is 5.77. The zero-order chi connectivity index (χ0) is 18.3. The molecule has 0 aromatic carbocycles. The van der Waals surface area contributed by atoms with E-state index in [0.717, 1.165) is 23.4 Å². The summed E-state index contributed by atoms with van der Waals surface area (Å²) in [5.74, 6) is -0.372. The first-order chi connectivity index (χ1) is 12.6. The maximum atomic E-state index is 13.1. The minimum absolute atomic E-state index is 0.00552. The molecule has 4 heterocycles. The molecular weight excluding hydrogens is 368 g/mol. The highest BCUT2D eigenvalue weighted by Crippen LogP contribution is 2.46. The molecule has 0 aliphatic carbocycles. The second-order valence-corrected chi connectivity index (χ2v) is 8.67. The van der Waals surface area contributed by atoms with E-state index in [9.17, 15) is 9.90 Å². The average molecular weight is 389 g/mol. The van der Waals surface area contributed by atoms with Crippen molar-refractivity contribution < 1.29 is 9.90 Å². The Bertz CT molecular complexity index is 810. The second kappa shape index (κ2) is 6.68. The van der Waals surface area contributed by atoms with E-state index in [1.807, 2.05) is 15.7 Å². The lowest BCUT2D eigenvalue weighted by Crippen LogP contribution is -2.52. The monoisotopic (exact) mass is 388 g/mol. The van der Waals surface area contributed by atoms with Gasteiger partial charge in [0.1, 0.15) is 5.60 Å². The van der Waals surface area contributed by atoms with Gasteiger partial charge in [-0.1, -0.05) is 0 Å². The van der Waals surface area contributed by atoms with Crippen LogP contribution in [0.3, 0.4) is 0 Å². The predicted octanol–water partition coefficient (Wildman–Crippen LogP) is 3.24. The van der Waals surface area contributed by atoms with Crippen LogP contribution < -0.4 is 0 Å². The van der Waals surface area contributed by atoms with Crippen LogP contribution in [-0.2, 0) is 5.60 Å². The van der Waals surface area contributed by atoms with Gasteiger partial charge in [-0.2, -0.15) is 0 Å². The molecule has 2 fully saturated rings. The normalized spacial score (nSPS) is 28.7.